The van der Waals surface area contributed by atoms with E-state index in [9.17, 15) is 9.59 Å². The van der Waals surface area contributed by atoms with Gasteiger partial charge in [-0.15, -0.1) is 0 Å². The third kappa shape index (κ3) is 2.74. The van der Waals surface area contributed by atoms with Crippen molar-refractivity contribution in [1.29, 1.82) is 0 Å². The van der Waals surface area contributed by atoms with E-state index < -0.39 is 5.54 Å². The Bertz CT molecular complexity index is 355. The predicted octanol–water partition coefficient (Wildman–Crippen LogP) is 0.333. The summed E-state index contributed by atoms with van der Waals surface area (Å²) in [7, 11) is 0. The van der Waals surface area contributed by atoms with E-state index in [1.54, 1.807) is 0 Å². The standard InChI is InChI=1S/C13H23N3O3/c1-3-19-8-7-16-11(17)13(2,15-12(16)18)10-5-4-6-14-9-10/h10,14H,3-9H2,1-2H3,(H,15,18). The Morgan fingerprint density at radius 1 is 1.47 bits per heavy atom. The van der Waals surface area contributed by atoms with Crippen LogP contribution in [0.2, 0.25) is 0 Å². The summed E-state index contributed by atoms with van der Waals surface area (Å²) < 4.78 is 5.22. The van der Waals surface area contributed by atoms with Crippen LogP contribution in [0.4, 0.5) is 4.79 Å². The molecule has 2 aliphatic rings. The van der Waals surface area contributed by atoms with Gasteiger partial charge in [-0.25, -0.2) is 4.79 Å². The van der Waals surface area contributed by atoms with Gasteiger partial charge in [-0.05, 0) is 33.2 Å². The minimum atomic E-state index is -0.767. The quantitative estimate of drug-likeness (QED) is 0.557. The molecular weight excluding hydrogens is 246 g/mol. The van der Waals surface area contributed by atoms with Gasteiger partial charge in [0.2, 0.25) is 0 Å². The summed E-state index contributed by atoms with van der Waals surface area (Å²) in [5, 5.41) is 6.16. The lowest BCUT2D eigenvalue weighted by atomic mass is 9.80. The average molecular weight is 269 g/mol. The summed E-state index contributed by atoms with van der Waals surface area (Å²) in [6.07, 6.45) is 2.01. The molecule has 3 amide bonds. The van der Waals surface area contributed by atoms with Gasteiger partial charge in [-0.2, -0.15) is 0 Å². The first-order valence-corrected chi connectivity index (χ1v) is 7.02. The topological polar surface area (TPSA) is 70.7 Å². The van der Waals surface area contributed by atoms with Gasteiger partial charge in [-0.3, -0.25) is 9.69 Å². The Morgan fingerprint density at radius 2 is 2.26 bits per heavy atom. The third-order valence-electron chi connectivity index (χ3n) is 4.08. The van der Waals surface area contributed by atoms with Gasteiger partial charge in [0.25, 0.3) is 5.91 Å². The summed E-state index contributed by atoms with van der Waals surface area (Å²) in [5.41, 5.74) is -0.767. The van der Waals surface area contributed by atoms with E-state index in [4.69, 9.17) is 4.74 Å². The van der Waals surface area contributed by atoms with Crippen molar-refractivity contribution in [2.24, 2.45) is 5.92 Å². The molecular formula is C13H23N3O3. The van der Waals surface area contributed by atoms with Gasteiger partial charge in [0.05, 0.1) is 13.2 Å². The molecule has 2 saturated heterocycles. The zero-order valence-corrected chi connectivity index (χ0v) is 11.7. The molecule has 0 aromatic heterocycles. The summed E-state index contributed by atoms with van der Waals surface area (Å²) in [6.45, 7) is 6.82. The molecule has 108 valence electrons. The van der Waals surface area contributed by atoms with Crippen LogP contribution in [0.3, 0.4) is 0 Å². The molecule has 2 fully saturated rings. The molecule has 0 spiro atoms. The number of rotatable bonds is 5. The fraction of sp³-hybridized carbons (Fsp3) is 0.846. The first-order chi connectivity index (χ1) is 9.09. The Labute approximate surface area is 113 Å². The Hall–Kier alpha value is -1.14. The Kier molecular flexibility index (Phi) is 4.42. The van der Waals surface area contributed by atoms with Crippen LogP contribution < -0.4 is 10.6 Å². The van der Waals surface area contributed by atoms with Gasteiger partial charge in [0.15, 0.2) is 0 Å². The molecule has 0 saturated carbocycles. The highest BCUT2D eigenvalue weighted by molar-refractivity contribution is 6.07. The van der Waals surface area contributed by atoms with Crippen LogP contribution in [0, 0.1) is 5.92 Å². The van der Waals surface area contributed by atoms with Crippen molar-refractivity contribution in [3.63, 3.8) is 0 Å². The lowest BCUT2D eigenvalue weighted by Crippen LogP contribution is -2.55. The molecule has 0 radical (unpaired) electrons. The maximum atomic E-state index is 12.5. The minimum absolute atomic E-state index is 0.120. The van der Waals surface area contributed by atoms with Crippen LogP contribution in [0.1, 0.15) is 26.7 Å². The molecule has 2 unspecified atom stereocenters. The van der Waals surface area contributed by atoms with Gasteiger partial charge in [0, 0.05) is 19.1 Å². The molecule has 2 N–H and O–H groups in total. The lowest BCUT2D eigenvalue weighted by molar-refractivity contribution is -0.133. The predicted molar refractivity (Wildman–Crippen MR) is 70.7 cm³/mol. The van der Waals surface area contributed by atoms with E-state index in [2.05, 4.69) is 10.6 Å². The second-order valence-electron chi connectivity index (χ2n) is 5.33. The van der Waals surface area contributed by atoms with E-state index in [0.29, 0.717) is 19.8 Å². The number of amides is 3. The number of hydrogen-bond donors (Lipinski definition) is 2. The smallest absolute Gasteiger partial charge is 0.325 e. The monoisotopic (exact) mass is 269 g/mol. The number of imide groups is 1. The van der Waals surface area contributed by atoms with E-state index in [1.165, 1.54) is 4.90 Å². The molecule has 2 aliphatic heterocycles. The fourth-order valence-electron chi connectivity index (χ4n) is 2.84. The zero-order valence-electron chi connectivity index (χ0n) is 11.7. The number of carbonyl (C=O) groups excluding carboxylic acids is 2. The number of ether oxygens (including phenoxy) is 1. The first-order valence-electron chi connectivity index (χ1n) is 7.02. The molecule has 2 atom stereocenters. The summed E-state index contributed by atoms with van der Waals surface area (Å²) in [4.78, 5) is 25.7. The molecule has 6 nitrogen and oxygen atoms in total. The second kappa shape index (κ2) is 5.88. The van der Waals surface area contributed by atoms with Crippen molar-refractivity contribution in [2.75, 3.05) is 32.8 Å². The largest absolute Gasteiger partial charge is 0.380 e. The normalized spacial score (nSPS) is 31.7. The third-order valence-corrected chi connectivity index (χ3v) is 4.08. The van der Waals surface area contributed by atoms with Crippen molar-refractivity contribution in [1.82, 2.24) is 15.5 Å². The molecule has 0 aliphatic carbocycles. The van der Waals surface area contributed by atoms with Gasteiger partial charge in [-0.1, -0.05) is 0 Å². The van der Waals surface area contributed by atoms with Crippen molar-refractivity contribution < 1.29 is 14.3 Å². The fourth-order valence-corrected chi connectivity index (χ4v) is 2.84. The first kappa shape index (κ1) is 14.3. The molecule has 6 heteroatoms. The highest BCUT2D eigenvalue weighted by atomic mass is 16.5. The van der Waals surface area contributed by atoms with Gasteiger partial charge in [0.1, 0.15) is 5.54 Å². The van der Waals surface area contributed by atoms with Gasteiger partial charge >= 0.3 is 6.03 Å². The number of carbonyl (C=O) groups is 2. The highest BCUT2D eigenvalue weighted by Gasteiger charge is 2.52. The second-order valence-corrected chi connectivity index (χ2v) is 5.33. The zero-order chi connectivity index (χ0) is 13.9. The highest BCUT2D eigenvalue weighted by Crippen LogP contribution is 2.30. The number of piperidine rings is 1. The molecule has 2 heterocycles. The van der Waals surface area contributed by atoms with Crippen molar-refractivity contribution in [3.8, 4) is 0 Å². The van der Waals surface area contributed by atoms with Crippen LogP contribution in [0.5, 0.6) is 0 Å². The molecule has 2 rings (SSSR count). The summed E-state index contributed by atoms with van der Waals surface area (Å²) >= 11 is 0. The van der Waals surface area contributed by atoms with Crippen molar-refractivity contribution in [3.05, 3.63) is 0 Å². The average Bonchev–Trinajstić information content (AvgIpc) is 2.64. The SMILES string of the molecule is CCOCCN1C(=O)NC(C)(C2CCCNC2)C1=O. The summed E-state index contributed by atoms with van der Waals surface area (Å²) in [6, 6.07) is -0.294. The number of nitrogens with zero attached hydrogens (tertiary/aromatic N) is 1. The van der Waals surface area contributed by atoms with Crippen LogP contribution in [-0.4, -0.2) is 55.2 Å². The van der Waals surface area contributed by atoms with Gasteiger partial charge < -0.3 is 15.4 Å². The number of hydrogen-bond acceptors (Lipinski definition) is 4. The van der Waals surface area contributed by atoms with Crippen LogP contribution in [-0.2, 0) is 9.53 Å². The Balaban J connectivity index is 2.02. The molecule has 0 bridgehead atoms. The van der Waals surface area contributed by atoms with E-state index in [0.717, 1.165) is 25.9 Å². The minimum Gasteiger partial charge on any atom is -0.380 e. The number of nitrogens with one attached hydrogen (secondary N) is 2. The number of urea groups is 1. The lowest BCUT2D eigenvalue weighted by Gasteiger charge is -2.34. The van der Waals surface area contributed by atoms with Crippen molar-refractivity contribution in [2.45, 2.75) is 32.2 Å². The van der Waals surface area contributed by atoms with Crippen molar-refractivity contribution >= 4 is 11.9 Å². The van der Waals surface area contributed by atoms with Crippen LogP contribution >= 0.6 is 0 Å². The van der Waals surface area contributed by atoms with Crippen LogP contribution in [0.25, 0.3) is 0 Å². The van der Waals surface area contributed by atoms with Crippen LogP contribution in [0.15, 0.2) is 0 Å². The van der Waals surface area contributed by atoms with E-state index in [-0.39, 0.29) is 17.9 Å². The molecule has 0 aromatic carbocycles. The summed E-state index contributed by atoms with van der Waals surface area (Å²) in [5.74, 6) is 0.0423. The molecule has 0 aromatic rings. The van der Waals surface area contributed by atoms with E-state index in [1.807, 2.05) is 13.8 Å². The molecule has 19 heavy (non-hydrogen) atoms. The maximum Gasteiger partial charge on any atom is 0.325 e. The van der Waals surface area contributed by atoms with E-state index >= 15 is 0 Å². The maximum absolute atomic E-state index is 12.5. The Morgan fingerprint density at radius 3 is 2.89 bits per heavy atom.